The minimum Gasteiger partial charge on any atom is -1.00 e. The van der Waals surface area contributed by atoms with E-state index < -0.39 is 4.92 Å². The summed E-state index contributed by atoms with van der Waals surface area (Å²) < 4.78 is 1.34. The normalized spacial score (nSPS) is 13.2. The maximum Gasteiger partial charge on any atom is 0.365 e. The molecule has 2 rings (SSSR count). The van der Waals surface area contributed by atoms with E-state index in [1.165, 1.54) is 16.8 Å². The SMILES string of the molecule is N[N+]1=C=NN(Cc2ccc([N+](=O)[O-])cc2)C1.[Br-]. The first-order valence-corrected chi connectivity index (χ1v) is 4.62. The number of benzene rings is 1. The van der Waals surface area contributed by atoms with Crippen LogP contribution in [0.15, 0.2) is 29.4 Å². The number of halogens is 1. The van der Waals surface area contributed by atoms with Gasteiger partial charge >= 0.3 is 6.01 Å². The van der Waals surface area contributed by atoms with E-state index >= 15 is 0 Å². The largest absolute Gasteiger partial charge is 1.00 e. The predicted molar refractivity (Wildman–Crippen MR) is 55.4 cm³/mol. The van der Waals surface area contributed by atoms with Crippen molar-refractivity contribution in [3.8, 4) is 0 Å². The quantitative estimate of drug-likeness (QED) is 0.286. The Morgan fingerprint density at radius 2 is 2.18 bits per heavy atom. The van der Waals surface area contributed by atoms with Crippen LogP contribution in [-0.2, 0) is 6.54 Å². The number of non-ortho nitro benzene ring substituents is 1. The van der Waals surface area contributed by atoms with Gasteiger partial charge in [-0.3, -0.25) is 16.0 Å². The van der Waals surface area contributed by atoms with Gasteiger partial charge in [0.05, 0.1) is 11.5 Å². The second-order valence-corrected chi connectivity index (χ2v) is 3.40. The van der Waals surface area contributed by atoms with E-state index in [4.69, 9.17) is 5.84 Å². The van der Waals surface area contributed by atoms with E-state index in [0.29, 0.717) is 13.2 Å². The smallest absolute Gasteiger partial charge is 0.365 e. The van der Waals surface area contributed by atoms with Crippen molar-refractivity contribution in [2.24, 2.45) is 10.9 Å². The Labute approximate surface area is 108 Å². The van der Waals surface area contributed by atoms with Crippen molar-refractivity contribution in [2.45, 2.75) is 6.54 Å². The van der Waals surface area contributed by atoms with Gasteiger partial charge in [0.1, 0.15) is 5.10 Å². The Kier molecular flexibility index (Phi) is 4.19. The lowest BCUT2D eigenvalue weighted by Gasteiger charge is -2.05. The van der Waals surface area contributed by atoms with Crippen LogP contribution in [0.5, 0.6) is 0 Å². The summed E-state index contributed by atoms with van der Waals surface area (Å²) in [5.74, 6) is 5.44. The highest BCUT2D eigenvalue weighted by molar-refractivity contribution is 5.35. The predicted octanol–water partition coefficient (Wildman–Crippen LogP) is -2.65. The molecule has 1 aliphatic rings. The zero-order chi connectivity index (χ0) is 11.5. The molecule has 0 amide bonds. The molecule has 0 bridgehead atoms. The minimum absolute atomic E-state index is 0. The number of rotatable bonds is 3. The molecule has 8 heteroatoms. The van der Waals surface area contributed by atoms with Crippen LogP contribution in [-0.4, -0.2) is 27.3 Å². The minimum atomic E-state index is -0.423. The molecule has 17 heavy (non-hydrogen) atoms. The zero-order valence-electron chi connectivity index (χ0n) is 8.78. The lowest BCUT2D eigenvalue weighted by Crippen LogP contribution is -3.00. The number of nitrogens with two attached hydrogens (primary N) is 1. The standard InChI is InChI=1S/C9H10N5O2.BrH/c10-12-6-11-13(7-12)5-8-1-3-9(4-2-8)14(15)16;/h1-4H,5,7,10H2;1H/q+1;/p-1. The van der Waals surface area contributed by atoms with Gasteiger partial charge in [-0.2, -0.15) is 0 Å². The third kappa shape index (κ3) is 3.27. The van der Waals surface area contributed by atoms with Gasteiger partial charge in [0.25, 0.3) is 5.69 Å². The van der Waals surface area contributed by atoms with Crippen LogP contribution in [0, 0.1) is 10.1 Å². The van der Waals surface area contributed by atoms with Crippen molar-refractivity contribution in [1.82, 2.24) is 5.01 Å². The Balaban J connectivity index is 0.00000144. The van der Waals surface area contributed by atoms with Crippen molar-refractivity contribution in [1.29, 1.82) is 0 Å². The first kappa shape index (κ1) is 13.1. The van der Waals surface area contributed by atoms with E-state index in [0.717, 1.165) is 5.56 Å². The fourth-order valence-corrected chi connectivity index (χ4v) is 1.38. The first-order valence-electron chi connectivity index (χ1n) is 4.62. The maximum atomic E-state index is 10.4. The first-order chi connectivity index (χ1) is 7.65. The molecule has 0 fully saturated rings. The lowest BCUT2D eigenvalue weighted by atomic mass is 10.2. The molecule has 0 saturated heterocycles. The van der Waals surface area contributed by atoms with E-state index in [1.54, 1.807) is 17.1 Å². The van der Waals surface area contributed by atoms with Gasteiger partial charge in [-0.15, -0.1) is 5.01 Å². The van der Waals surface area contributed by atoms with Gasteiger partial charge in [0.15, 0.2) is 0 Å². The maximum absolute atomic E-state index is 10.4. The van der Waals surface area contributed by atoms with Gasteiger partial charge in [-0.25, -0.2) is 0 Å². The molecule has 0 radical (unpaired) electrons. The summed E-state index contributed by atoms with van der Waals surface area (Å²) in [6, 6.07) is 8.92. The molecule has 0 aromatic heterocycles. The summed E-state index contributed by atoms with van der Waals surface area (Å²) in [7, 11) is 0. The molecule has 90 valence electrons. The molecule has 0 atom stereocenters. The summed E-state index contributed by atoms with van der Waals surface area (Å²) >= 11 is 0. The molecular formula is C9H10BrN5O2. The van der Waals surface area contributed by atoms with Gasteiger partial charge in [-0.05, 0) is 5.56 Å². The third-order valence-corrected chi connectivity index (χ3v) is 2.14. The fraction of sp³-hybridized carbons (Fsp3) is 0.222. The molecule has 1 aromatic rings. The van der Waals surface area contributed by atoms with Crippen LogP contribution in [0.4, 0.5) is 5.69 Å². The zero-order valence-corrected chi connectivity index (χ0v) is 10.4. The monoisotopic (exact) mass is 299 g/mol. The average molecular weight is 300 g/mol. The number of nitro groups is 1. The molecule has 7 nitrogen and oxygen atoms in total. The lowest BCUT2D eigenvalue weighted by molar-refractivity contribution is -0.545. The molecule has 0 spiro atoms. The molecule has 2 N–H and O–H groups in total. The third-order valence-electron chi connectivity index (χ3n) is 2.14. The van der Waals surface area contributed by atoms with Gasteiger partial charge in [0, 0.05) is 12.1 Å². The van der Waals surface area contributed by atoms with E-state index in [1.807, 2.05) is 0 Å². The fourth-order valence-electron chi connectivity index (χ4n) is 1.38. The van der Waals surface area contributed by atoms with Crippen molar-refractivity contribution >= 4 is 11.7 Å². The highest BCUT2D eigenvalue weighted by atomic mass is 79.9. The topological polar surface area (TPSA) is 87.8 Å². The van der Waals surface area contributed by atoms with Crippen LogP contribution >= 0.6 is 0 Å². The van der Waals surface area contributed by atoms with Crippen LogP contribution in [0.1, 0.15) is 5.56 Å². The number of hydrazone groups is 2. The summed E-state index contributed by atoms with van der Waals surface area (Å²) in [4.78, 5) is 10.0. The van der Waals surface area contributed by atoms with Crippen molar-refractivity contribution in [3.63, 3.8) is 0 Å². The van der Waals surface area contributed by atoms with E-state index in [9.17, 15) is 10.1 Å². The summed E-state index contributed by atoms with van der Waals surface area (Å²) in [5.41, 5.74) is 1.02. The van der Waals surface area contributed by atoms with Crippen LogP contribution in [0.25, 0.3) is 0 Å². The molecular weight excluding hydrogens is 290 g/mol. The molecule has 0 unspecified atom stereocenters. The van der Waals surface area contributed by atoms with Crippen LogP contribution in [0.2, 0.25) is 0 Å². The number of hydrazine groups is 1. The summed E-state index contributed by atoms with van der Waals surface area (Å²) in [6.07, 6.45) is 0. The molecule has 1 heterocycles. The Morgan fingerprint density at radius 3 is 2.65 bits per heavy atom. The van der Waals surface area contributed by atoms with Crippen LogP contribution in [0.3, 0.4) is 0 Å². The van der Waals surface area contributed by atoms with Crippen molar-refractivity contribution in [2.75, 3.05) is 6.67 Å². The number of hydrogen-bond acceptors (Lipinski definition) is 5. The highest BCUT2D eigenvalue weighted by Crippen LogP contribution is 2.13. The Hall–Kier alpha value is -1.92. The molecule has 1 aromatic carbocycles. The molecule has 1 aliphatic heterocycles. The number of nitro benzene ring substituents is 1. The summed E-state index contributed by atoms with van der Waals surface area (Å²) in [5, 5.41) is 16.1. The highest BCUT2D eigenvalue weighted by Gasteiger charge is 2.16. The van der Waals surface area contributed by atoms with Gasteiger partial charge < -0.3 is 17.0 Å². The van der Waals surface area contributed by atoms with Crippen molar-refractivity contribution < 1.29 is 26.6 Å². The molecule has 0 aliphatic carbocycles. The second kappa shape index (κ2) is 5.42. The number of nitrogens with zero attached hydrogens (tertiary/aromatic N) is 4. The number of hydrogen-bond donors (Lipinski definition) is 1. The van der Waals surface area contributed by atoms with Gasteiger partial charge in [-0.1, -0.05) is 16.8 Å². The van der Waals surface area contributed by atoms with E-state index in [-0.39, 0.29) is 22.7 Å². The second-order valence-electron chi connectivity index (χ2n) is 3.40. The average Bonchev–Trinajstić information content (AvgIpc) is 2.65. The Morgan fingerprint density at radius 1 is 1.53 bits per heavy atom. The van der Waals surface area contributed by atoms with Crippen LogP contribution < -0.4 is 22.8 Å². The van der Waals surface area contributed by atoms with Gasteiger partial charge in [0.2, 0.25) is 6.67 Å². The summed E-state index contributed by atoms with van der Waals surface area (Å²) in [6.45, 7) is 1.02. The Bertz CT molecular complexity index is 481. The molecule has 0 saturated carbocycles. The van der Waals surface area contributed by atoms with E-state index in [2.05, 4.69) is 11.1 Å². The van der Waals surface area contributed by atoms with Crippen molar-refractivity contribution in [3.05, 3.63) is 39.9 Å².